The van der Waals surface area contributed by atoms with E-state index in [9.17, 15) is 14.9 Å². The maximum Gasteiger partial charge on any atom is 0.269 e. The summed E-state index contributed by atoms with van der Waals surface area (Å²) in [5, 5.41) is 26.6. The molecule has 0 atom stereocenters. The molecule has 2 aromatic carbocycles. The van der Waals surface area contributed by atoms with Gasteiger partial charge in [0.05, 0.1) is 22.7 Å². The van der Waals surface area contributed by atoms with Crippen molar-refractivity contribution in [3.63, 3.8) is 0 Å². The highest BCUT2D eigenvalue weighted by Crippen LogP contribution is 2.26. The van der Waals surface area contributed by atoms with Gasteiger partial charge in [-0.3, -0.25) is 14.9 Å². The summed E-state index contributed by atoms with van der Waals surface area (Å²) in [4.78, 5) is 23.2. The summed E-state index contributed by atoms with van der Waals surface area (Å²) in [5.74, 6) is 0.676. The maximum absolute atomic E-state index is 12.7. The van der Waals surface area contributed by atoms with Crippen LogP contribution in [0.2, 0.25) is 0 Å². The lowest BCUT2D eigenvalue weighted by Crippen LogP contribution is -2.28. The van der Waals surface area contributed by atoms with Crippen molar-refractivity contribution in [2.24, 2.45) is 0 Å². The minimum Gasteiger partial charge on any atom is -0.355 e. The topological polar surface area (TPSA) is 121 Å². The average Bonchev–Trinajstić information content (AvgIpc) is 3.46. The lowest BCUT2D eigenvalue weighted by Gasteiger charge is -2.06. The van der Waals surface area contributed by atoms with E-state index in [1.807, 2.05) is 48.0 Å². The first kappa shape index (κ1) is 21.9. The molecule has 33 heavy (non-hydrogen) atoms. The van der Waals surface area contributed by atoms with E-state index in [-0.39, 0.29) is 18.0 Å². The average molecular weight is 445 g/mol. The number of hydrogen-bond donors (Lipinski definition) is 1. The minimum absolute atomic E-state index is 0.000430. The Kier molecular flexibility index (Phi) is 6.53. The first-order valence-electron chi connectivity index (χ1n) is 10.6. The zero-order chi connectivity index (χ0) is 23.2. The van der Waals surface area contributed by atoms with E-state index in [0.717, 1.165) is 23.6 Å². The first-order chi connectivity index (χ1) is 16.0. The molecule has 0 fully saturated rings. The van der Waals surface area contributed by atoms with Gasteiger partial charge in [-0.1, -0.05) is 18.2 Å². The zero-order valence-electron chi connectivity index (χ0n) is 18.1. The van der Waals surface area contributed by atoms with Crippen molar-refractivity contribution in [2.75, 3.05) is 6.54 Å². The number of aromatic nitrogens is 5. The standard InChI is InChI=1S/C23H23N7O3/c1-2-28-16-25-26-21(28)12-13-24-22(31)14-18-15-29(19-6-4-3-5-7-19)27-23(18)17-8-10-20(11-9-17)30(32)33/h3-11,15-16H,2,12-14H2,1H3,(H,24,31). The second-order valence-corrected chi connectivity index (χ2v) is 7.40. The van der Waals surface area contributed by atoms with E-state index in [0.29, 0.717) is 24.2 Å². The summed E-state index contributed by atoms with van der Waals surface area (Å²) in [5.41, 5.74) is 2.89. The number of nitrogens with one attached hydrogen (secondary N) is 1. The summed E-state index contributed by atoms with van der Waals surface area (Å²) in [6.07, 6.45) is 4.20. The molecule has 4 rings (SSSR count). The molecular formula is C23H23N7O3. The van der Waals surface area contributed by atoms with Crippen LogP contribution in [0.1, 0.15) is 18.3 Å². The molecule has 1 amide bonds. The van der Waals surface area contributed by atoms with E-state index in [1.54, 1.807) is 23.1 Å². The molecule has 4 aromatic rings. The predicted molar refractivity (Wildman–Crippen MR) is 122 cm³/mol. The fraction of sp³-hybridized carbons (Fsp3) is 0.217. The summed E-state index contributed by atoms with van der Waals surface area (Å²) < 4.78 is 3.64. The van der Waals surface area contributed by atoms with Crippen LogP contribution in [0, 0.1) is 10.1 Å². The van der Waals surface area contributed by atoms with Crippen LogP contribution < -0.4 is 5.32 Å². The molecular weight excluding hydrogens is 422 g/mol. The van der Waals surface area contributed by atoms with Gasteiger partial charge in [-0.25, -0.2) is 4.68 Å². The Bertz CT molecular complexity index is 1250. The molecule has 168 valence electrons. The number of non-ortho nitro benzene ring substituents is 1. The zero-order valence-corrected chi connectivity index (χ0v) is 18.1. The smallest absolute Gasteiger partial charge is 0.269 e. The van der Waals surface area contributed by atoms with Crippen LogP contribution in [-0.2, 0) is 24.2 Å². The molecule has 0 bridgehead atoms. The summed E-state index contributed by atoms with van der Waals surface area (Å²) in [6.45, 7) is 3.22. The van der Waals surface area contributed by atoms with Crippen molar-refractivity contribution in [3.8, 4) is 16.9 Å². The van der Waals surface area contributed by atoms with Gasteiger partial charge in [0.25, 0.3) is 5.69 Å². The highest BCUT2D eigenvalue weighted by atomic mass is 16.6. The normalized spacial score (nSPS) is 10.8. The van der Waals surface area contributed by atoms with Crippen LogP contribution >= 0.6 is 0 Å². The van der Waals surface area contributed by atoms with Gasteiger partial charge in [-0.05, 0) is 31.2 Å². The Hall–Kier alpha value is -4.34. The molecule has 0 aliphatic heterocycles. The number of benzene rings is 2. The predicted octanol–water partition coefficient (Wildman–Crippen LogP) is 2.96. The number of hydrogen-bond acceptors (Lipinski definition) is 6. The quantitative estimate of drug-likeness (QED) is 0.312. The number of nitro benzene ring substituents is 1. The number of carbonyl (C=O) groups is 1. The summed E-state index contributed by atoms with van der Waals surface area (Å²) in [6, 6.07) is 15.7. The van der Waals surface area contributed by atoms with Crippen LogP contribution in [0.5, 0.6) is 0 Å². The summed E-state index contributed by atoms with van der Waals surface area (Å²) >= 11 is 0. The van der Waals surface area contributed by atoms with Gasteiger partial charge < -0.3 is 9.88 Å². The number of aryl methyl sites for hydroxylation is 1. The van der Waals surface area contributed by atoms with E-state index in [1.165, 1.54) is 12.1 Å². The molecule has 0 spiro atoms. The van der Waals surface area contributed by atoms with Gasteiger partial charge in [-0.15, -0.1) is 10.2 Å². The van der Waals surface area contributed by atoms with Crippen molar-refractivity contribution in [3.05, 3.63) is 88.6 Å². The minimum atomic E-state index is -0.444. The highest BCUT2D eigenvalue weighted by Gasteiger charge is 2.17. The van der Waals surface area contributed by atoms with E-state index >= 15 is 0 Å². The third-order valence-corrected chi connectivity index (χ3v) is 5.22. The maximum atomic E-state index is 12.7. The van der Waals surface area contributed by atoms with Crippen LogP contribution in [0.25, 0.3) is 16.9 Å². The Morgan fingerprint density at radius 2 is 1.88 bits per heavy atom. The molecule has 0 saturated carbocycles. The third kappa shape index (κ3) is 5.12. The van der Waals surface area contributed by atoms with E-state index < -0.39 is 4.92 Å². The van der Waals surface area contributed by atoms with Crippen molar-refractivity contribution in [1.29, 1.82) is 0 Å². The van der Waals surface area contributed by atoms with E-state index in [2.05, 4.69) is 20.6 Å². The van der Waals surface area contributed by atoms with Crippen molar-refractivity contribution in [1.82, 2.24) is 29.9 Å². The van der Waals surface area contributed by atoms with Crippen LogP contribution in [-0.4, -0.2) is 41.9 Å². The highest BCUT2D eigenvalue weighted by molar-refractivity contribution is 5.81. The van der Waals surface area contributed by atoms with Gasteiger partial charge in [0, 0.05) is 49.0 Å². The van der Waals surface area contributed by atoms with E-state index in [4.69, 9.17) is 0 Å². The van der Waals surface area contributed by atoms with Crippen LogP contribution in [0.4, 0.5) is 5.69 Å². The fourth-order valence-corrected chi connectivity index (χ4v) is 3.52. The van der Waals surface area contributed by atoms with Crippen molar-refractivity contribution < 1.29 is 9.72 Å². The van der Waals surface area contributed by atoms with Gasteiger partial charge >= 0.3 is 0 Å². The third-order valence-electron chi connectivity index (χ3n) is 5.22. The number of para-hydroxylation sites is 1. The number of rotatable bonds is 9. The number of amides is 1. The lowest BCUT2D eigenvalue weighted by molar-refractivity contribution is -0.384. The number of carbonyl (C=O) groups excluding carboxylic acids is 1. The molecule has 2 heterocycles. The van der Waals surface area contributed by atoms with Crippen LogP contribution in [0.3, 0.4) is 0 Å². The van der Waals surface area contributed by atoms with Gasteiger partial charge in [0.1, 0.15) is 12.2 Å². The fourth-order valence-electron chi connectivity index (χ4n) is 3.52. The molecule has 0 aliphatic rings. The van der Waals surface area contributed by atoms with Crippen LogP contribution in [0.15, 0.2) is 67.1 Å². The van der Waals surface area contributed by atoms with Gasteiger partial charge in [0.15, 0.2) is 0 Å². The molecule has 1 N–H and O–H groups in total. The number of nitro groups is 1. The second kappa shape index (κ2) is 9.86. The summed E-state index contributed by atoms with van der Waals surface area (Å²) in [7, 11) is 0. The first-order valence-corrected chi connectivity index (χ1v) is 10.6. The molecule has 0 saturated heterocycles. The largest absolute Gasteiger partial charge is 0.355 e. The SMILES string of the molecule is CCn1cnnc1CCNC(=O)Cc1cn(-c2ccccc2)nc1-c1ccc([N+](=O)[O-])cc1. The lowest BCUT2D eigenvalue weighted by atomic mass is 10.1. The molecule has 0 aliphatic carbocycles. The second-order valence-electron chi connectivity index (χ2n) is 7.40. The Balaban J connectivity index is 1.53. The Labute approximate surface area is 190 Å². The molecule has 10 heteroatoms. The molecule has 0 radical (unpaired) electrons. The monoisotopic (exact) mass is 445 g/mol. The molecule has 0 unspecified atom stereocenters. The Morgan fingerprint density at radius 1 is 1.12 bits per heavy atom. The van der Waals surface area contributed by atoms with Crippen molar-refractivity contribution in [2.45, 2.75) is 26.3 Å². The molecule has 2 aromatic heterocycles. The Morgan fingerprint density at radius 3 is 2.58 bits per heavy atom. The van der Waals surface area contributed by atoms with Crippen molar-refractivity contribution >= 4 is 11.6 Å². The molecule has 10 nitrogen and oxygen atoms in total. The van der Waals surface area contributed by atoms with Gasteiger partial charge in [0.2, 0.25) is 5.91 Å². The van der Waals surface area contributed by atoms with Gasteiger partial charge in [-0.2, -0.15) is 5.10 Å². The number of nitrogens with zero attached hydrogens (tertiary/aromatic N) is 6.